The Morgan fingerprint density at radius 2 is 1.62 bits per heavy atom. The molecule has 1 aromatic carbocycles. The zero-order chi connectivity index (χ0) is 12.1. The van der Waals surface area contributed by atoms with E-state index < -0.39 is 0 Å². The molecule has 1 rings (SSSR count). The molecule has 0 aliphatic carbocycles. The maximum atomic E-state index is 3.49. The minimum atomic E-state index is 0.589. The van der Waals surface area contributed by atoms with Gasteiger partial charge in [0.15, 0.2) is 0 Å². The number of rotatable bonds is 5. The first kappa shape index (κ1) is 13.2. The molecule has 0 bridgehead atoms. The first-order valence-electron chi connectivity index (χ1n) is 6.33. The van der Waals surface area contributed by atoms with Crippen LogP contribution in [0.25, 0.3) is 0 Å². The van der Waals surface area contributed by atoms with Crippen molar-refractivity contribution in [1.82, 2.24) is 5.32 Å². The van der Waals surface area contributed by atoms with Crippen molar-refractivity contribution >= 4 is 0 Å². The van der Waals surface area contributed by atoms with Gasteiger partial charge in [0.1, 0.15) is 0 Å². The van der Waals surface area contributed by atoms with Crippen LogP contribution in [-0.4, -0.2) is 12.6 Å². The van der Waals surface area contributed by atoms with Gasteiger partial charge in [-0.25, -0.2) is 0 Å². The third-order valence-electron chi connectivity index (χ3n) is 3.22. The van der Waals surface area contributed by atoms with Crippen molar-refractivity contribution in [2.24, 2.45) is 5.92 Å². The van der Waals surface area contributed by atoms with Gasteiger partial charge in [0, 0.05) is 6.04 Å². The second-order valence-corrected chi connectivity index (χ2v) is 5.02. The van der Waals surface area contributed by atoms with Crippen molar-refractivity contribution in [3.05, 3.63) is 34.9 Å². The van der Waals surface area contributed by atoms with E-state index in [2.05, 4.69) is 58.1 Å². The minimum Gasteiger partial charge on any atom is -0.314 e. The molecule has 0 amide bonds. The van der Waals surface area contributed by atoms with Crippen LogP contribution in [-0.2, 0) is 6.42 Å². The molecule has 0 aromatic heterocycles. The van der Waals surface area contributed by atoms with Crippen LogP contribution in [0.4, 0.5) is 0 Å². The molecule has 0 saturated heterocycles. The van der Waals surface area contributed by atoms with E-state index in [1.165, 1.54) is 16.7 Å². The molecule has 2 atom stereocenters. The largest absolute Gasteiger partial charge is 0.314 e. The van der Waals surface area contributed by atoms with Crippen LogP contribution in [0.15, 0.2) is 18.2 Å². The number of hydrogen-bond donors (Lipinski definition) is 1. The lowest BCUT2D eigenvalue weighted by Crippen LogP contribution is -2.32. The summed E-state index contributed by atoms with van der Waals surface area (Å²) in [6, 6.07) is 7.44. The van der Waals surface area contributed by atoms with Crippen molar-refractivity contribution in [3.63, 3.8) is 0 Å². The van der Waals surface area contributed by atoms with E-state index in [-0.39, 0.29) is 0 Å². The first-order chi connectivity index (χ1) is 7.52. The van der Waals surface area contributed by atoms with Crippen LogP contribution >= 0.6 is 0 Å². The zero-order valence-electron chi connectivity index (χ0n) is 11.3. The van der Waals surface area contributed by atoms with Crippen molar-refractivity contribution in [2.75, 3.05) is 6.54 Å². The summed E-state index contributed by atoms with van der Waals surface area (Å²) in [4.78, 5) is 0. The molecule has 1 N–H and O–H groups in total. The summed E-state index contributed by atoms with van der Waals surface area (Å²) in [7, 11) is 0. The smallest absolute Gasteiger partial charge is 0.00674 e. The highest BCUT2D eigenvalue weighted by atomic mass is 14.9. The molecule has 0 fully saturated rings. The second-order valence-electron chi connectivity index (χ2n) is 5.02. The van der Waals surface area contributed by atoms with Gasteiger partial charge in [0.25, 0.3) is 0 Å². The average molecular weight is 219 g/mol. The van der Waals surface area contributed by atoms with Crippen molar-refractivity contribution in [2.45, 2.75) is 47.1 Å². The number of nitrogens with one attached hydrogen (secondary N) is 1. The molecule has 2 unspecified atom stereocenters. The van der Waals surface area contributed by atoms with Crippen LogP contribution in [0.2, 0.25) is 0 Å². The van der Waals surface area contributed by atoms with Crippen LogP contribution in [0.3, 0.4) is 0 Å². The van der Waals surface area contributed by atoms with Gasteiger partial charge in [-0.15, -0.1) is 0 Å². The van der Waals surface area contributed by atoms with Crippen LogP contribution in [0, 0.1) is 19.8 Å². The Labute approximate surface area is 100 Å². The van der Waals surface area contributed by atoms with Crippen molar-refractivity contribution in [1.29, 1.82) is 0 Å². The topological polar surface area (TPSA) is 12.0 Å². The lowest BCUT2D eigenvalue weighted by molar-refractivity contribution is 0.406. The summed E-state index contributed by atoms with van der Waals surface area (Å²) in [6.07, 6.45) is 1.16. The monoisotopic (exact) mass is 219 g/mol. The molecule has 90 valence electrons. The number of benzene rings is 1. The predicted octanol–water partition coefficient (Wildman–Crippen LogP) is 3.48. The first-order valence-corrected chi connectivity index (χ1v) is 6.33. The Bertz CT molecular complexity index is 310. The minimum absolute atomic E-state index is 0.589. The lowest BCUT2D eigenvalue weighted by Gasteiger charge is -2.21. The van der Waals surface area contributed by atoms with E-state index >= 15 is 0 Å². The highest BCUT2D eigenvalue weighted by Gasteiger charge is 2.11. The van der Waals surface area contributed by atoms with E-state index in [9.17, 15) is 0 Å². The Morgan fingerprint density at radius 1 is 1.06 bits per heavy atom. The van der Waals surface area contributed by atoms with Gasteiger partial charge in [-0.2, -0.15) is 0 Å². The van der Waals surface area contributed by atoms with Gasteiger partial charge >= 0.3 is 0 Å². The van der Waals surface area contributed by atoms with Gasteiger partial charge in [-0.3, -0.25) is 0 Å². The van der Waals surface area contributed by atoms with E-state index in [1.54, 1.807) is 0 Å². The fraction of sp³-hybridized carbons (Fsp3) is 0.600. The second kappa shape index (κ2) is 6.05. The Balaban J connectivity index is 2.65. The summed E-state index contributed by atoms with van der Waals surface area (Å²) in [5, 5.41) is 3.49. The van der Waals surface area contributed by atoms with E-state index in [0.717, 1.165) is 13.0 Å². The lowest BCUT2D eigenvalue weighted by atomic mass is 9.93. The summed E-state index contributed by atoms with van der Waals surface area (Å²) in [6.45, 7) is 12.2. The van der Waals surface area contributed by atoms with Gasteiger partial charge in [-0.05, 0) is 45.2 Å². The van der Waals surface area contributed by atoms with E-state index in [0.29, 0.717) is 12.0 Å². The highest BCUT2D eigenvalue weighted by Crippen LogP contribution is 2.15. The quantitative estimate of drug-likeness (QED) is 0.799. The van der Waals surface area contributed by atoms with E-state index in [1.807, 2.05) is 0 Å². The Kier molecular flexibility index (Phi) is 5.01. The van der Waals surface area contributed by atoms with Gasteiger partial charge in [-0.1, -0.05) is 43.2 Å². The zero-order valence-corrected chi connectivity index (χ0v) is 11.3. The molecule has 0 spiro atoms. The average Bonchev–Trinajstić information content (AvgIpc) is 2.16. The third kappa shape index (κ3) is 3.97. The van der Waals surface area contributed by atoms with Crippen LogP contribution < -0.4 is 5.32 Å². The van der Waals surface area contributed by atoms with Crippen LogP contribution in [0.1, 0.15) is 37.5 Å². The number of hydrogen-bond acceptors (Lipinski definition) is 1. The number of aryl methyl sites for hydroxylation is 2. The fourth-order valence-corrected chi connectivity index (χ4v) is 2.26. The fourth-order valence-electron chi connectivity index (χ4n) is 2.26. The predicted molar refractivity (Wildman–Crippen MR) is 71.9 cm³/mol. The van der Waals surface area contributed by atoms with Gasteiger partial charge < -0.3 is 5.32 Å². The van der Waals surface area contributed by atoms with Gasteiger partial charge in [0.2, 0.25) is 0 Å². The highest BCUT2D eigenvalue weighted by molar-refractivity contribution is 5.28. The Hall–Kier alpha value is -0.820. The molecule has 1 aromatic rings. The SMILES string of the molecule is CCNC(C)C(C)Cc1cc(C)cc(C)c1. The molecular formula is C15H25N. The molecule has 0 saturated carbocycles. The standard InChI is InChI=1S/C15H25N/c1-6-16-14(5)13(4)10-15-8-11(2)7-12(3)9-15/h7-9,13-14,16H,6,10H2,1-5H3. The molecule has 0 aliphatic rings. The molecular weight excluding hydrogens is 194 g/mol. The summed E-state index contributed by atoms with van der Waals surface area (Å²) in [5.41, 5.74) is 4.21. The normalized spacial score (nSPS) is 14.8. The maximum absolute atomic E-state index is 3.49. The molecule has 0 heterocycles. The van der Waals surface area contributed by atoms with Crippen molar-refractivity contribution < 1.29 is 0 Å². The molecule has 1 nitrogen and oxygen atoms in total. The molecule has 0 radical (unpaired) electrons. The summed E-state index contributed by atoms with van der Waals surface area (Å²) < 4.78 is 0. The van der Waals surface area contributed by atoms with E-state index in [4.69, 9.17) is 0 Å². The molecule has 1 heteroatoms. The summed E-state index contributed by atoms with van der Waals surface area (Å²) in [5.74, 6) is 0.682. The van der Waals surface area contributed by atoms with Crippen LogP contribution in [0.5, 0.6) is 0 Å². The summed E-state index contributed by atoms with van der Waals surface area (Å²) >= 11 is 0. The Morgan fingerprint density at radius 3 is 2.12 bits per heavy atom. The van der Waals surface area contributed by atoms with Crippen molar-refractivity contribution in [3.8, 4) is 0 Å². The molecule has 0 aliphatic heterocycles. The molecule has 16 heavy (non-hydrogen) atoms. The maximum Gasteiger partial charge on any atom is 0.00674 e. The third-order valence-corrected chi connectivity index (χ3v) is 3.22. The van der Waals surface area contributed by atoms with Gasteiger partial charge in [0.05, 0.1) is 0 Å².